The molecule has 4 aliphatic rings. The summed E-state index contributed by atoms with van der Waals surface area (Å²) >= 11 is 0. The molecule has 1 N–H and O–H groups in total. The molecule has 4 nitrogen and oxygen atoms in total. The molecule has 0 aromatic heterocycles. The summed E-state index contributed by atoms with van der Waals surface area (Å²) in [5.74, 6) is -0.0404. The van der Waals surface area contributed by atoms with Gasteiger partial charge in [-0.1, -0.05) is 19.1 Å². The van der Waals surface area contributed by atoms with Gasteiger partial charge in [0.15, 0.2) is 0 Å². The highest BCUT2D eigenvalue weighted by molar-refractivity contribution is 5.71. The summed E-state index contributed by atoms with van der Waals surface area (Å²) in [6, 6.07) is 6.96. The number of ether oxygens (including phenoxy) is 1. The molecule has 2 unspecified atom stereocenters. The first-order valence-corrected chi connectivity index (χ1v) is 15.3. The van der Waals surface area contributed by atoms with Crippen LogP contribution in [0, 0.1) is 17.8 Å². The van der Waals surface area contributed by atoms with Crippen LogP contribution in [0.1, 0.15) is 98.6 Å². The SMILES string of the molecule is C[C@H](C(=O)O)[C@H](c1ccc2c(c1)OC(C1C[C@H]3CC[C@@H](C1)N3[C@H](C)c1cc(C(F)(F)F)ccc1C(F)(F)F)CC2)C1CC1. The van der Waals surface area contributed by atoms with Gasteiger partial charge in [-0.05, 0) is 117 Å². The minimum Gasteiger partial charge on any atom is -0.490 e. The van der Waals surface area contributed by atoms with Crippen molar-refractivity contribution in [2.24, 2.45) is 17.8 Å². The molecule has 3 fully saturated rings. The Morgan fingerprint density at radius 2 is 1.58 bits per heavy atom. The van der Waals surface area contributed by atoms with Crippen LogP contribution in [-0.2, 0) is 23.6 Å². The maximum Gasteiger partial charge on any atom is 0.416 e. The summed E-state index contributed by atoms with van der Waals surface area (Å²) in [5, 5.41) is 9.69. The van der Waals surface area contributed by atoms with E-state index in [4.69, 9.17) is 4.74 Å². The Labute approximate surface area is 247 Å². The number of nitrogens with zero attached hydrogens (tertiary/aromatic N) is 1. The van der Waals surface area contributed by atoms with Crippen molar-refractivity contribution in [1.29, 1.82) is 0 Å². The van der Waals surface area contributed by atoms with Gasteiger partial charge in [0, 0.05) is 18.1 Å². The van der Waals surface area contributed by atoms with Crippen molar-refractivity contribution < 1.29 is 41.0 Å². The minimum atomic E-state index is -4.76. The molecule has 0 spiro atoms. The van der Waals surface area contributed by atoms with Gasteiger partial charge >= 0.3 is 18.3 Å². The molecule has 3 aliphatic heterocycles. The van der Waals surface area contributed by atoms with Crippen LogP contribution >= 0.6 is 0 Å². The van der Waals surface area contributed by atoms with Gasteiger partial charge in [0.25, 0.3) is 0 Å². The second-order valence-electron chi connectivity index (χ2n) is 13.1. The normalized spacial score (nSPS) is 28.1. The molecule has 234 valence electrons. The van der Waals surface area contributed by atoms with Gasteiger partial charge in [0.05, 0.1) is 17.0 Å². The van der Waals surface area contributed by atoms with E-state index in [-0.39, 0.29) is 35.6 Å². The van der Waals surface area contributed by atoms with Gasteiger partial charge in [-0.2, -0.15) is 26.3 Å². The highest BCUT2D eigenvalue weighted by Gasteiger charge is 2.48. The van der Waals surface area contributed by atoms with Gasteiger partial charge in [-0.15, -0.1) is 0 Å². The predicted octanol–water partition coefficient (Wildman–Crippen LogP) is 8.64. The van der Waals surface area contributed by atoms with Crippen molar-refractivity contribution in [1.82, 2.24) is 4.90 Å². The largest absolute Gasteiger partial charge is 0.490 e. The molecule has 0 amide bonds. The average molecular weight is 610 g/mol. The van der Waals surface area contributed by atoms with Crippen LogP contribution in [-0.4, -0.2) is 34.2 Å². The summed E-state index contributed by atoms with van der Waals surface area (Å²) in [4.78, 5) is 13.8. The van der Waals surface area contributed by atoms with E-state index in [0.717, 1.165) is 55.4 Å². The van der Waals surface area contributed by atoms with E-state index in [9.17, 15) is 36.2 Å². The molecular weight excluding hydrogens is 572 g/mol. The van der Waals surface area contributed by atoms with Crippen molar-refractivity contribution in [3.63, 3.8) is 0 Å². The number of fused-ring (bicyclic) bond motifs is 3. The third kappa shape index (κ3) is 5.88. The van der Waals surface area contributed by atoms with E-state index in [1.165, 1.54) is 0 Å². The third-order valence-electron chi connectivity index (χ3n) is 10.4. The summed E-state index contributed by atoms with van der Waals surface area (Å²) in [5.41, 5.74) is -0.328. The maximum absolute atomic E-state index is 13.9. The van der Waals surface area contributed by atoms with Crippen molar-refractivity contribution in [2.45, 2.75) is 108 Å². The molecule has 2 saturated heterocycles. The zero-order chi connectivity index (χ0) is 30.8. The fourth-order valence-electron chi connectivity index (χ4n) is 8.22. The molecule has 2 bridgehead atoms. The molecule has 2 aromatic rings. The molecule has 0 radical (unpaired) electrons. The Kier molecular flexibility index (Phi) is 7.75. The number of hydrogen-bond acceptors (Lipinski definition) is 3. The van der Waals surface area contributed by atoms with Crippen molar-refractivity contribution >= 4 is 5.97 Å². The predicted molar refractivity (Wildman–Crippen MR) is 148 cm³/mol. The number of benzene rings is 2. The van der Waals surface area contributed by atoms with Crippen LogP contribution in [0.2, 0.25) is 0 Å². The second-order valence-corrected chi connectivity index (χ2v) is 13.1. The summed E-state index contributed by atoms with van der Waals surface area (Å²) in [6.45, 7) is 3.36. The van der Waals surface area contributed by atoms with E-state index in [2.05, 4.69) is 0 Å². The first kappa shape index (κ1) is 30.3. The number of alkyl halides is 6. The number of halogens is 6. The topological polar surface area (TPSA) is 49.8 Å². The number of aliphatic carboxylic acids is 1. The van der Waals surface area contributed by atoms with E-state index < -0.39 is 41.4 Å². The maximum atomic E-state index is 13.9. The monoisotopic (exact) mass is 609 g/mol. The quantitative estimate of drug-likeness (QED) is 0.320. The fourth-order valence-corrected chi connectivity index (χ4v) is 8.22. The summed E-state index contributed by atoms with van der Waals surface area (Å²) in [7, 11) is 0. The third-order valence-corrected chi connectivity index (χ3v) is 10.4. The first-order chi connectivity index (χ1) is 20.2. The first-order valence-electron chi connectivity index (χ1n) is 15.3. The Hall–Kier alpha value is -2.75. The lowest BCUT2D eigenvalue weighted by Gasteiger charge is -2.45. The molecule has 1 aliphatic carbocycles. The lowest BCUT2D eigenvalue weighted by atomic mass is 9.80. The van der Waals surface area contributed by atoms with E-state index in [0.29, 0.717) is 37.0 Å². The Balaban J connectivity index is 1.20. The molecule has 2 aromatic carbocycles. The van der Waals surface area contributed by atoms with Gasteiger partial charge in [-0.25, -0.2) is 0 Å². The van der Waals surface area contributed by atoms with Crippen molar-refractivity contribution in [2.75, 3.05) is 0 Å². The number of aryl methyl sites for hydroxylation is 1. The molecule has 3 heterocycles. The summed E-state index contributed by atoms with van der Waals surface area (Å²) < 4.78 is 88.7. The standard InChI is InChI=1S/C33H37F6NO3/c1-17(31(41)42)30(20-4-5-20)21-6-3-19-7-12-28(43-29(19)15-21)22-13-24-9-10-25(14-22)40(24)18(2)26-16-23(32(34,35)36)8-11-27(26)33(37,38)39/h3,6,8,11,15-18,20,22,24-25,28,30H,4-5,7,9-10,12-14H2,1-2H3,(H,41,42)/t17-,18+,22?,24-,25+,28?,30-/m0/s1. The molecule has 43 heavy (non-hydrogen) atoms. The molecular formula is C33H37F6NO3. The molecule has 7 atom stereocenters. The van der Waals surface area contributed by atoms with Crippen LogP contribution in [0.25, 0.3) is 0 Å². The van der Waals surface area contributed by atoms with E-state index in [1.807, 2.05) is 23.1 Å². The van der Waals surface area contributed by atoms with Crippen LogP contribution < -0.4 is 4.74 Å². The van der Waals surface area contributed by atoms with E-state index in [1.54, 1.807) is 13.8 Å². The van der Waals surface area contributed by atoms with Crippen LogP contribution in [0.15, 0.2) is 36.4 Å². The van der Waals surface area contributed by atoms with Gasteiger partial charge in [0.1, 0.15) is 11.9 Å². The lowest BCUT2D eigenvalue weighted by Crippen LogP contribution is -2.48. The Bertz CT molecular complexity index is 1360. The second kappa shape index (κ2) is 11.0. The summed E-state index contributed by atoms with van der Waals surface area (Å²) in [6.07, 6.45) is -2.88. The smallest absolute Gasteiger partial charge is 0.416 e. The highest BCUT2D eigenvalue weighted by atomic mass is 19.4. The Morgan fingerprint density at radius 1 is 0.907 bits per heavy atom. The number of rotatable bonds is 7. The number of hydrogen-bond donors (Lipinski definition) is 1. The lowest BCUT2D eigenvalue weighted by molar-refractivity contribution is -0.142. The van der Waals surface area contributed by atoms with Crippen LogP contribution in [0.4, 0.5) is 26.3 Å². The van der Waals surface area contributed by atoms with Crippen molar-refractivity contribution in [3.05, 3.63) is 64.2 Å². The number of piperidine rings is 1. The molecule has 1 saturated carbocycles. The zero-order valence-electron chi connectivity index (χ0n) is 24.2. The van der Waals surface area contributed by atoms with Crippen LogP contribution in [0.3, 0.4) is 0 Å². The Morgan fingerprint density at radius 3 is 2.16 bits per heavy atom. The van der Waals surface area contributed by atoms with Gasteiger partial charge in [0.2, 0.25) is 0 Å². The molecule has 10 heteroatoms. The van der Waals surface area contributed by atoms with Gasteiger partial charge < -0.3 is 9.84 Å². The fraction of sp³-hybridized carbons (Fsp3) is 0.606. The number of carboxylic acids is 1. The van der Waals surface area contributed by atoms with Crippen LogP contribution in [0.5, 0.6) is 5.75 Å². The van der Waals surface area contributed by atoms with Crippen molar-refractivity contribution in [3.8, 4) is 5.75 Å². The average Bonchev–Trinajstić information content (AvgIpc) is 3.74. The number of carbonyl (C=O) groups is 1. The zero-order valence-corrected chi connectivity index (χ0v) is 24.2. The number of carboxylic acid groups (broad SMARTS) is 1. The van der Waals surface area contributed by atoms with E-state index >= 15 is 0 Å². The molecule has 6 rings (SSSR count). The van der Waals surface area contributed by atoms with Gasteiger partial charge in [-0.3, -0.25) is 9.69 Å². The highest BCUT2D eigenvalue weighted by Crippen LogP contribution is 2.50. The minimum absolute atomic E-state index is 0.0404.